The third-order valence-electron chi connectivity index (χ3n) is 4.01. The van der Waals surface area contributed by atoms with Crippen molar-refractivity contribution in [3.05, 3.63) is 23.0 Å². The highest BCUT2D eigenvalue weighted by Crippen LogP contribution is 2.48. The Labute approximate surface area is 155 Å². The molecule has 2 aromatic rings. The van der Waals surface area contributed by atoms with Crippen LogP contribution in [0, 0.1) is 0 Å². The van der Waals surface area contributed by atoms with Gasteiger partial charge in [0.15, 0.2) is 0 Å². The number of aromatic nitrogens is 6. The molecule has 2 aliphatic rings. The normalized spacial score (nSPS) is 25.1. The second-order valence-corrected chi connectivity index (χ2v) is 8.11. The molecule has 0 bridgehead atoms. The van der Waals surface area contributed by atoms with Gasteiger partial charge in [0.25, 0.3) is 5.91 Å². The van der Waals surface area contributed by atoms with E-state index < -0.39 is 12.0 Å². The van der Waals surface area contributed by atoms with Gasteiger partial charge in [0.2, 0.25) is 11.1 Å². The van der Waals surface area contributed by atoms with Crippen molar-refractivity contribution in [2.45, 2.75) is 28.7 Å². The Morgan fingerprint density at radius 1 is 1.50 bits per heavy atom. The van der Waals surface area contributed by atoms with Crippen LogP contribution in [0.3, 0.4) is 0 Å². The van der Waals surface area contributed by atoms with Gasteiger partial charge >= 0.3 is 5.97 Å². The average molecular weight is 394 g/mol. The lowest BCUT2D eigenvalue weighted by atomic mass is 10.0. The summed E-state index contributed by atoms with van der Waals surface area (Å²) >= 11 is 2.67. The van der Waals surface area contributed by atoms with Gasteiger partial charge in [-0.15, -0.1) is 16.9 Å². The number of aromatic amines is 1. The molecule has 136 valence electrons. The first kappa shape index (κ1) is 16.9. The molecule has 0 aromatic carbocycles. The second-order valence-electron chi connectivity index (χ2n) is 5.64. The number of rotatable bonds is 5. The highest BCUT2D eigenvalue weighted by atomic mass is 32.2. The van der Waals surface area contributed by atoms with E-state index in [0.717, 1.165) is 11.8 Å². The van der Waals surface area contributed by atoms with Crippen LogP contribution in [0.4, 0.5) is 5.95 Å². The summed E-state index contributed by atoms with van der Waals surface area (Å²) in [4.78, 5) is 33.3. The number of aryl methyl sites for hydroxylation is 1. The number of tetrazole rings is 1. The third kappa shape index (κ3) is 2.63. The first-order valence-electron chi connectivity index (χ1n) is 7.59. The van der Waals surface area contributed by atoms with Gasteiger partial charge in [0.1, 0.15) is 17.1 Å². The Hall–Kier alpha value is -2.54. The Morgan fingerprint density at radius 3 is 2.92 bits per heavy atom. The summed E-state index contributed by atoms with van der Waals surface area (Å²) in [5, 5.41) is 23.9. The van der Waals surface area contributed by atoms with Gasteiger partial charge in [-0.1, -0.05) is 0 Å². The van der Waals surface area contributed by atoms with Gasteiger partial charge in [-0.2, -0.15) is 0 Å². The summed E-state index contributed by atoms with van der Waals surface area (Å²) in [6.45, 7) is 1.91. The summed E-state index contributed by atoms with van der Waals surface area (Å²) in [6.07, 6.45) is 3.22. The molecule has 13 heteroatoms. The van der Waals surface area contributed by atoms with Gasteiger partial charge in [-0.25, -0.2) is 14.5 Å². The minimum Gasteiger partial charge on any atom is -0.477 e. The van der Waals surface area contributed by atoms with E-state index >= 15 is 0 Å². The molecule has 1 fully saturated rings. The van der Waals surface area contributed by atoms with Crippen molar-refractivity contribution < 1.29 is 14.7 Å². The van der Waals surface area contributed by atoms with E-state index in [4.69, 9.17) is 0 Å². The van der Waals surface area contributed by atoms with E-state index in [2.05, 4.69) is 30.8 Å². The fourth-order valence-electron chi connectivity index (χ4n) is 2.79. The highest BCUT2D eigenvalue weighted by molar-refractivity contribution is 8.06. The third-order valence-corrected chi connectivity index (χ3v) is 6.86. The van der Waals surface area contributed by atoms with Crippen LogP contribution in [0.5, 0.6) is 0 Å². The van der Waals surface area contributed by atoms with Crippen LogP contribution in [-0.2, 0) is 16.6 Å². The van der Waals surface area contributed by atoms with Crippen molar-refractivity contribution in [2.24, 2.45) is 7.05 Å². The molecule has 0 radical (unpaired) electrons. The second kappa shape index (κ2) is 6.32. The zero-order chi connectivity index (χ0) is 18.4. The first-order valence-corrected chi connectivity index (χ1v) is 9.35. The van der Waals surface area contributed by atoms with Crippen LogP contribution in [0.15, 0.2) is 28.2 Å². The molecule has 2 unspecified atom stereocenters. The fourth-order valence-corrected chi connectivity index (χ4v) is 5.32. The first-order chi connectivity index (χ1) is 12.5. The molecule has 1 amide bonds. The monoisotopic (exact) mass is 394 g/mol. The molecule has 2 aliphatic heterocycles. The standard InChI is InChI=1S/C13H14N8O3S2/c1-5-8(26-13-17-18-19-20(13)2)7(11(23)24)21-9(22)6(10(21)25-5)16-12-14-3-4-15-12/h3-6,10H,1-2H3,(H,23,24)(H2,14,15,16)/t5?,6?,10-/m1/s1. The number of hydrogen-bond donors (Lipinski definition) is 3. The number of carboxylic acid groups (broad SMARTS) is 1. The topological polar surface area (TPSA) is 142 Å². The van der Waals surface area contributed by atoms with Crippen molar-refractivity contribution in [3.63, 3.8) is 0 Å². The van der Waals surface area contributed by atoms with Crippen LogP contribution < -0.4 is 5.32 Å². The lowest BCUT2D eigenvalue weighted by molar-refractivity contribution is -0.147. The summed E-state index contributed by atoms with van der Waals surface area (Å²) < 4.78 is 1.46. The molecule has 11 nitrogen and oxygen atoms in total. The number of carbonyl (C=O) groups is 2. The van der Waals surface area contributed by atoms with Crippen molar-refractivity contribution in [1.82, 2.24) is 35.1 Å². The van der Waals surface area contributed by atoms with Crippen LogP contribution in [-0.4, -0.2) is 68.7 Å². The number of carbonyl (C=O) groups excluding carboxylic acids is 1. The zero-order valence-corrected chi connectivity index (χ0v) is 15.3. The van der Waals surface area contributed by atoms with E-state index in [9.17, 15) is 14.7 Å². The van der Waals surface area contributed by atoms with E-state index in [-0.39, 0.29) is 22.2 Å². The van der Waals surface area contributed by atoms with Gasteiger partial charge in [0.05, 0.1) is 0 Å². The molecule has 3 N–H and O–H groups in total. The summed E-state index contributed by atoms with van der Waals surface area (Å²) in [7, 11) is 1.67. The van der Waals surface area contributed by atoms with Crippen molar-refractivity contribution >= 4 is 41.3 Å². The van der Waals surface area contributed by atoms with Crippen LogP contribution >= 0.6 is 23.5 Å². The molecule has 3 atom stereocenters. The van der Waals surface area contributed by atoms with Crippen LogP contribution in [0.25, 0.3) is 0 Å². The highest BCUT2D eigenvalue weighted by Gasteiger charge is 2.55. The number of nitrogens with zero attached hydrogens (tertiary/aromatic N) is 6. The average Bonchev–Trinajstić information content (AvgIpc) is 3.26. The Morgan fingerprint density at radius 2 is 2.31 bits per heavy atom. The van der Waals surface area contributed by atoms with Crippen molar-refractivity contribution in [1.29, 1.82) is 0 Å². The maximum Gasteiger partial charge on any atom is 0.353 e. The van der Waals surface area contributed by atoms with E-state index in [1.54, 1.807) is 19.4 Å². The molecular formula is C13H14N8O3S2. The SMILES string of the molecule is CC1S[C@@H]2C(Nc3ncc[nH]3)C(=O)N2C(C(=O)O)=C1Sc1nnnn1C. The summed E-state index contributed by atoms with van der Waals surface area (Å²) in [5.74, 6) is -0.982. The maximum absolute atomic E-state index is 12.6. The minimum absolute atomic E-state index is 0.0169. The number of thioether (sulfide) groups is 2. The minimum atomic E-state index is -1.15. The fraction of sp³-hybridized carbons (Fsp3) is 0.385. The quantitative estimate of drug-likeness (QED) is 0.598. The van der Waals surface area contributed by atoms with E-state index in [1.165, 1.54) is 21.3 Å². The number of β-lactam (4-membered cyclic amide) rings is 1. The largest absolute Gasteiger partial charge is 0.477 e. The molecule has 4 heterocycles. The number of aliphatic carboxylic acids is 1. The molecule has 26 heavy (non-hydrogen) atoms. The number of fused-ring (bicyclic) bond motifs is 1. The van der Waals surface area contributed by atoms with E-state index in [0.29, 0.717) is 16.0 Å². The Kier molecular flexibility index (Phi) is 4.11. The van der Waals surface area contributed by atoms with Crippen LogP contribution in [0.2, 0.25) is 0 Å². The van der Waals surface area contributed by atoms with Gasteiger partial charge < -0.3 is 15.4 Å². The Bertz CT molecular complexity index is 895. The number of carboxylic acids is 1. The molecular weight excluding hydrogens is 380 g/mol. The predicted octanol–water partition coefficient (Wildman–Crippen LogP) is 0.106. The number of amides is 1. The van der Waals surface area contributed by atoms with Gasteiger partial charge in [-0.3, -0.25) is 9.69 Å². The molecule has 0 saturated carbocycles. The van der Waals surface area contributed by atoms with Crippen molar-refractivity contribution in [3.8, 4) is 0 Å². The predicted molar refractivity (Wildman–Crippen MR) is 93.0 cm³/mol. The number of nitrogens with one attached hydrogen (secondary N) is 2. The molecule has 0 aliphatic carbocycles. The number of H-pyrrole nitrogens is 1. The maximum atomic E-state index is 12.6. The number of anilines is 1. The molecule has 1 saturated heterocycles. The van der Waals surface area contributed by atoms with E-state index in [1.807, 2.05) is 6.92 Å². The summed E-state index contributed by atoms with van der Waals surface area (Å²) in [5.41, 5.74) is -0.0169. The lowest BCUT2D eigenvalue weighted by Crippen LogP contribution is -2.68. The number of hydrogen-bond acceptors (Lipinski definition) is 9. The zero-order valence-electron chi connectivity index (χ0n) is 13.7. The van der Waals surface area contributed by atoms with Gasteiger partial charge in [-0.05, 0) is 29.1 Å². The summed E-state index contributed by atoms with van der Waals surface area (Å²) in [6, 6.07) is -0.536. The lowest BCUT2D eigenvalue weighted by Gasteiger charge is -2.50. The Balaban J connectivity index is 1.65. The molecule has 0 spiro atoms. The molecule has 2 aromatic heterocycles. The number of imidazole rings is 1. The molecule has 4 rings (SSSR count). The smallest absolute Gasteiger partial charge is 0.353 e. The van der Waals surface area contributed by atoms with Crippen LogP contribution in [0.1, 0.15) is 6.92 Å². The van der Waals surface area contributed by atoms with Crippen molar-refractivity contribution in [2.75, 3.05) is 5.32 Å². The van der Waals surface area contributed by atoms with Gasteiger partial charge in [0, 0.05) is 29.6 Å².